The van der Waals surface area contributed by atoms with Crippen molar-refractivity contribution in [1.29, 1.82) is 0 Å². The fourth-order valence-electron chi connectivity index (χ4n) is 2.67. The topological polar surface area (TPSA) is 0 Å². The highest BCUT2D eigenvalue weighted by molar-refractivity contribution is 6.88. The minimum absolute atomic E-state index is 1.22. The van der Waals surface area contributed by atoms with Crippen LogP contribution in [0.1, 0.15) is 0 Å². The molecule has 0 amide bonds. The number of hydrogen-bond donors (Lipinski definition) is 0. The fourth-order valence-corrected chi connectivity index (χ4v) is 3.84. The van der Waals surface area contributed by atoms with Crippen molar-refractivity contribution in [1.82, 2.24) is 0 Å². The average molecular weight is 302 g/mol. The van der Waals surface area contributed by atoms with Crippen LogP contribution < -0.4 is 5.19 Å². The first-order valence-corrected chi connectivity index (χ1v) is 11.3. The van der Waals surface area contributed by atoms with Crippen molar-refractivity contribution in [2.45, 2.75) is 19.6 Å². The van der Waals surface area contributed by atoms with Gasteiger partial charge in [-0.1, -0.05) is 97.6 Å². The molecule has 0 fully saturated rings. The van der Waals surface area contributed by atoms with Crippen molar-refractivity contribution >= 4 is 13.3 Å². The lowest BCUT2D eigenvalue weighted by atomic mass is 9.99. The molecular formula is C21H22Si. The van der Waals surface area contributed by atoms with Crippen LogP contribution in [-0.2, 0) is 0 Å². The van der Waals surface area contributed by atoms with Crippen LogP contribution in [-0.4, -0.2) is 8.07 Å². The third-order valence-corrected chi connectivity index (χ3v) is 6.12. The molecule has 0 atom stereocenters. The van der Waals surface area contributed by atoms with E-state index in [1.54, 1.807) is 0 Å². The molecule has 0 bridgehead atoms. The molecule has 0 spiro atoms. The summed E-state index contributed by atoms with van der Waals surface area (Å²) in [5.41, 5.74) is 5.11. The molecule has 0 N–H and O–H groups in total. The van der Waals surface area contributed by atoms with Crippen molar-refractivity contribution in [3.8, 4) is 22.3 Å². The third kappa shape index (κ3) is 3.20. The highest BCUT2D eigenvalue weighted by Gasteiger charge is 2.15. The van der Waals surface area contributed by atoms with Gasteiger partial charge in [-0.3, -0.25) is 0 Å². The lowest BCUT2D eigenvalue weighted by molar-refractivity contribution is 1.59. The van der Waals surface area contributed by atoms with Crippen LogP contribution in [0, 0.1) is 0 Å². The largest absolute Gasteiger partial charge is 0.0775 e. The molecule has 110 valence electrons. The second-order valence-electron chi connectivity index (χ2n) is 6.77. The molecule has 0 aliphatic rings. The summed E-state index contributed by atoms with van der Waals surface area (Å²) in [4.78, 5) is 0. The molecule has 1 heteroatoms. The molecule has 3 aromatic rings. The zero-order chi connectivity index (χ0) is 15.6. The molecule has 0 nitrogen and oxygen atoms in total. The molecule has 0 saturated heterocycles. The van der Waals surface area contributed by atoms with Crippen molar-refractivity contribution in [3.05, 3.63) is 78.9 Å². The highest BCUT2D eigenvalue weighted by atomic mass is 28.3. The lowest BCUT2D eigenvalue weighted by Gasteiger charge is -2.17. The van der Waals surface area contributed by atoms with E-state index in [4.69, 9.17) is 0 Å². The summed E-state index contributed by atoms with van der Waals surface area (Å²) in [5, 5.41) is 1.51. The maximum Gasteiger partial charge on any atom is 0.0775 e. The predicted molar refractivity (Wildman–Crippen MR) is 100 cm³/mol. The Morgan fingerprint density at radius 1 is 0.500 bits per heavy atom. The molecule has 22 heavy (non-hydrogen) atoms. The van der Waals surface area contributed by atoms with Gasteiger partial charge in [0.1, 0.15) is 0 Å². The van der Waals surface area contributed by atoms with Gasteiger partial charge in [-0.15, -0.1) is 0 Å². The van der Waals surface area contributed by atoms with E-state index in [0.717, 1.165) is 0 Å². The van der Waals surface area contributed by atoms with Gasteiger partial charge in [0.05, 0.1) is 8.07 Å². The lowest BCUT2D eigenvalue weighted by Crippen LogP contribution is -2.37. The van der Waals surface area contributed by atoms with Crippen LogP contribution in [0.3, 0.4) is 0 Å². The average Bonchev–Trinajstić information content (AvgIpc) is 2.55. The van der Waals surface area contributed by atoms with Gasteiger partial charge in [-0.2, -0.15) is 0 Å². The smallest absolute Gasteiger partial charge is 0.0656 e. The maximum atomic E-state index is 2.39. The first-order chi connectivity index (χ1) is 10.5. The normalized spacial score (nSPS) is 11.4. The predicted octanol–water partition coefficient (Wildman–Crippen LogP) is 5.57. The van der Waals surface area contributed by atoms with E-state index in [-0.39, 0.29) is 0 Å². The number of benzene rings is 3. The van der Waals surface area contributed by atoms with Gasteiger partial charge in [0.2, 0.25) is 0 Å². The van der Waals surface area contributed by atoms with E-state index >= 15 is 0 Å². The zero-order valence-corrected chi connectivity index (χ0v) is 14.5. The van der Waals surface area contributed by atoms with Crippen LogP contribution in [0.15, 0.2) is 78.9 Å². The molecule has 0 aliphatic heterocycles. The van der Waals surface area contributed by atoms with Gasteiger partial charge in [-0.05, 0) is 28.3 Å². The molecule has 0 heterocycles. The highest BCUT2D eigenvalue weighted by Crippen LogP contribution is 2.26. The monoisotopic (exact) mass is 302 g/mol. The van der Waals surface area contributed by atoms with Gasteiger partial charge in [0, 0.05) is 0 Å². The van der Waals surface area contributed by atoms with Gasteiger partial charge in [0.25, 0.3) is 0 Å². The Bertz CT molecular complexity index is 750. The summed E-state index contributed by atoms with van der Waals surface area (Å²) < 4.78 is 0. The zero-order valence-electron chi connectivity index (χ0n) is 13.5. The summed E-state index contributed by atoms with van der Waals surface area (Å²) >= 11 is 0. The SMILES string of the molecule is C[Si](C)(C)c1ccc(-c2cccc(-c3ccccc3)c2)cc1. The summed E-state index contributed by atoms with van der Waals surface area (Å²) in [7, 11) is -1.22. The van der Waals surface area contributed by atoms with Crippen LogP contribution in [0.2, 0.25) is 19.6 Å². The van der Waals surface area contributed by atoms with Gasteiger partial charge in [0.15, 0.2) is 0 Å². The van der Waals surface area contributed by atoms with E-state index < -0.39 is 8.07 Å². The van der Waals surface area contributed by atoms with Gasteiger partial charge < -0.3 is 0 Å². The Labute approximate surface area is 134 Å². The summed E-state index contributed by atoms with van der Waals surface area (Å²) in [6, 6.07) is 28.5. The summed E-state index contributed by atoms with van der Waals surface area (Å²) in [6.07, 6.45) is 0. The Morgan fingerprint density at radius 2 is 1.00 bits per heavy atom. The van der Waals surface area contributed by atoms with Crippen LogP contribution in [0.5, 0.6) is 0 Å². The first kappa shape index (κ1) is 14.8. The van der Waals surface area contributed by atoms with Gasteiger partial charge in [-0.25, -0.2) is 0 Å². The minimum Gasteiger partial charge on any atom is -0.0656 e. The van der Waals surface area contributed by atoms with Crippen molar-refractivity contribution in [2.75, 3.05) is 0 Å². The second-order valence-corrected chi connectivity index (χ2v) is 11.9. The number of rotatable bonds is 3. The maximum absolute atomic E-state index is 2.39. The van der Waals surface area contributed by atoms with Gasteiger partial charge >= 0.3 is 0 Å². The number of hydrogen-bond acceptors (Lipinski definition) is 0. The van der Waals surface area contributed by atoms with E-state index in [9.17, 15) is 0 Å². The van der Waals surface area contributed by atoms with Crippen LogP contribution >= 0.6 is 0 Å². The van der Waals surface area contributed by atoms with Crippen LogP contribution in [0.4, 0.5) is 0 Å². The Balaban J connectivity index is 1.96. The molecule has 0 aliphatic carbocycles. The van der Waals surface area contributed by atoms with E-state index in [0.29, 0.717) is 0 Å². The van der Waals surface area contributed by atoms with Crippen molar-refractivity contribution in [2.24, 2.45) is 0 Å². The molecular weight excluding hydrogens is 280 g/mol. The summed E-state index contributed by atoms with van der Waals surface area (Å²) in [5.74, 6) is 0. The fraction of sp³-hybridized carbons (Fsp3) is 0.143. The molecule has 3 rings (SSSR count). The Kier molecular flexibility index (Phi) is 3.99. The Morgan fingerprint density at radius 3 is 1.55 bits per heavy atom. The Hall–Kier alpha value is -2.12. The molecule has 0 saturated carbocycles. The standard InChI is InChI=1S/C21H22Si/c1-22(2,3)21-14-12-18(13-15-21)20-11-7-10-19(16-20)17-8-5-4-6-9-17/h4-16H,1-3H3. The minimum atomic E-state index is -1.22. The van der Waals surface area contributed by atoms with E-state index in [2.05, 4.69) is 98.5 Å². The van der Waals surface area contributed by atoms with Crippen LogP contribution in [0.25, 0.3) is 22.3 Å². The molecule has 0 unspecified atom stereocenters. The van der Waals surface area contributed by atoms with E-state index in [1.165, 1.54) is 27.4 Å². The second kappa shape index (κ2) is 5.94. The third-order valence-electron chi connectivity index (χ3n) is 4.05. The van der Waals surface area contributed by atoms with Crippen molar-refractivity contribution in [3.63, 3.8) is 0 Å². The molecule has 0 radical (unpaired) electrons. The molecule has 3 aromatic carbocycles. The molecule has 0 aromatic heterocycles. The summed E-state index contributed by atoms with van der Waals surface area (Å²) in [6.45, 7) is 7.16. The van der Waals surface area contributed by atoms with Crippen molar-refractivity contribution < 1.29 is 0 Å². The van der Waals surface area contributed by atoms with E-state index in [1.807, 2.05) is 0 Å². The quantitative estimate of drug-likeness (QED) is 0.555. The first-order valence-electron chi connectivity index (χ1n) is 7.80.